The van der Waals surface area contributed by atoms with Gasteiger partial charge in [0.25, 0.3) is 0 Å². The fourth-order valence-corrected chi connectivity index (χ4v) is 1.59. The largest absolute Gasteiger partial charge is 0.494 e. The van der Waals surface area contributed by atoms with Gasteiger partial charge in [0.05, 0.1) is 6.61 Å². The van der Waals surface area contributed by atoms with E-state index in [-0.39, 0.29) is 5.56 Å². The summed E-state index contributed by atoms with van der Waals surface area (Å²) in [5.41, 5.74) is 0.337. The Morgan fingerprint density at radius 1 is 1.29 bits per heavy atom. The van der Waals surface area contributed by atoms with Gasteiger partial charge in [-0.25, -0.2) is 0 Å². The normalized spacial score (nSPS) is 13.5. The van der Waals surface area contributed by atoms with Gasteiger partial charge >= 0.3 is 6.18 Å². The molecule has 0 amide bonds. The molecule has 0 fully saturated rings. The van der Waals surface area contributed by atoms with Gasteiger partial charge in [0.2, 0.25) is 0 Å². The molecule has 0 saturated heterocycles. The monoisotopic (exact) mass is 248 g/mol. The molecule has 1 aromatic rings. The average Bonchev–Trinajstić information content (AvgIpc) is 2.27. The third-order valence-electron chi connectivity index (χ3n) is 2.41. The predicted octanol–water partition coefficient (Wildman–Crippen LogP) is 3.24. The summed E-state index contributed by atoms with van der Waals surface area (Å²) in [6, 6.07) is 4.24. The van der Waals surface area contributed by atoms with Crippen LogP contribution in [-0.2, 0) is 6.42 Å². The Labute approximate surface area is 98.0 Å². The zero-order valence-electron chi connectivity index (χ0n) is 9.71. The lowest BCUT2D eigenvalue weighted by atomic mass is 10.00. The minimum absolute atomic E-state index is 0.108. The van der Waals surface area contributed by atoms with E-state index >= 15 is 0 Å². The van der Waals surface area contributed by atoms with E-state index in [1.165, 1.54) is 18.2 Å². The van der Waals surface area contributed by atoms with Gasteiger partial charge in [-0.15, -0.1) is 0 Å². The molecule has 96 valence electrons. The van der Waals surface area contributed by atoms with Crippen LogP contribution in [-0.4, -0.2) is 17.9 Å². The molecule has 1 rings (SSSR count). The minimum Gasteiger partial charge on any atom is -0.494 e. The molecule has 17 heavy (non-hydrogen) atoms. The highest BCUT2D eigenvalue weighted by Gasteiger charge is 2.40. The molecule has 0 radical (unpaired) electrons. The Bertz CT molecular complexity index is 375. The van der Waals surface area contributed by atoms with E-state index in [0.29, 0.717) is 24.3 Å². The quantitative estimate of drug-likeness (QED) is 0.886. The molecule has 1 N–H and O–H groups in total. The van der Waals surface area contributed by atoms with Gasteiger partial charge in [0.15, 0.2) is 6.10 Å². The summed E-state index contributed by atoms with van der Waals surface area (Å²) in [5.74, 6) is 0.516. The van der Waals surface area contributed by atoms with Gasteiger partial charge in [-0.2, -0.15) is 13.2 Å². The average molecular weight is 248 g/mol. The van der Waals surface area contributed by atoms with E-state index in [2.05, 4.69) is 0 Å². The first-order valence-electron chi connectivity index (χ1n) is 5.40. The van der Waals surface area contributed by atoms with Gasteiger partial charge in [-0.05, 0) is 36.6 Å². The molecule has 0 spiro atoms. The lowest BCUT2D eigenvalue weighted by molar-refractivity contribution is -0.207. The maximum atomic E-state index is 12.4. The SMILES string of the molecule is CCOc1ccc(C(O)C(F)(F)F)c(CC)c1. The highest BCUT2D eigenvalue weighted by molar-refractivity contribution is 5.37. The summed E-state index contributed by atoms with van der Waals surface area (Å²) in [6.07, 6.45) is -6.67. The van der Waals surface area contributed by atoms with Gasteiger partial charge in [0, 0.05) is 0 Å². The van der Waals surface area contributed by atoms with Crippen molar-refractivity contribution < 1.29 is 23.0 Å². The van der Waals surface area contributed by atoms with Crippen molar-refractivity contribution in [1.29, 1.82) is 0 Å². The van der Waals surface area contributed by atoms with Crippen LogP contribution in [0.25, 0.3) is 0 Å². The first kappa shape index (κ1) is 13.8. The van der Waals surface area contributed by atoms with Crippen molar-refractivity contribution in [3.63, 3.8) is 0 Å². The molecule has 5 heteroatoms. The van der Waals surface area contributed by atoms with Crippen LogP contribution in [0.2, 0.25) is 0 Å². The maximum Gasteiger partial charge on any atom is 0.418 e. The van der Waals surface area contributed by atoms with Gasteiger partial charge in [-0.3, -0.25) is 0 Å². The van der Waals surface area contributed by atoms with Crippen molar-refractivity contribution in [1.82, 2.24) is 0 Å². The first-order valence-corrected chi connectivity index (χ1v) is 5.40. The van der Waals surface area contributed by atoms with Crippen molar-refractivity contribution in [2.75, 3.05) is 6.61 Å². The second-order valence-corrected chi connectivity index (χ2v) is 3.59. The molecule has 2 nitrogen and oxygen atoms in total. The number of benzene rings is 1. The second kappa shape index (κ2) is 5.40. The van der Waals surface area contributed by atoms with Gasteiger partial charge in [0.1, 0.15) is 5.75 Å². The zero-order chi connectivity index (χ0) is 13.1. The van der Waals surface area contributed by atoms with Crippen LogP contribution >= 0.6 is 0 Å². The molecule has 0 heterocycles. The second-order valence-electron chi connectivity index (χ2n) is 3.59. The van der Waals surface area contributed by atoms with Crippen LogP contribution in [0.15, 0.2) is 18.2 Å². The minimum atomic E-state index is -4.64. The number of hydrogen-bond acceptors (Lipinski definition) is 2. The van der Waals surface area contributed by atoms with E-state index < -0.39 is 12.3 Å². The predicted molar refractivity (Wildman–Crippen MR) is 58.0 cm³/mol. The molecule has 0 aromatic heterocycles. The lowest BCUT2D eigenvalue weighted by Gasteiger charge is -2.18. The number of aliphatic hydroxyl groups excluding tert-OH is 1. The number of aryl methyl sites for hydroxylation is 1. The van der Waals surface area contributed by atoms with Crippen LogP contribution in [0.4, 0.5) is 13.2 Å². The molecule has 1 atom stereocenters. The fraction of sp³-hybridized carbons (Fsp3) is 0.500. The van der Waals surface area contributed by atoms with Crippen LogP contribution in [0, 0.1) is 0 Å². The number of halogens is 3. The highest BCUT2D eigenvalue weighted by Crippen LogP contribution is 2.35. The van der Waals surface area contributed by atoms with Crippen LogP contribution in [0.5, 0.6) is 5.75 Å². The molecule has 1 aromatic carbocycles. The van der Waals surface area contributed by atoms with Crippen molar-refractivity contribution in [2.45, 2.75) is 32.5 Å². The van der Waals surface area contributed by atoms with E-state index in [4.69, 9.17) is 4.74 Å². The highest BCUT2D eigenvalue weighted by atomic mass is 19.4. The zero-order valence-corrected chi connectivity index (χ0v) is 9.71. The molecule has 0 aliphatic carbocycles. The molecule has 1 unspecified atom stereocenters. The van der Waals surface area contributed by atoms with Crippen molar-refractivity contribution in [3.05, 3.63) is 29.3 Å². The summed E-state index contributed by atoms with van der Waals surface area (Å²) in [4.78, 5) is 0. The Balaban J connectivity index is 3.08. The van der Waals surface area contributed by atoms with E-state index in [1.807, 2.05) is 0 Å². The maximum absolute atomic E-state index is 12.4. The third-order valence-corrected chi connectivity index (χ3v) is 2.41. The smallest absolute Gasteiger partial charge is 0.418 e. The summed E-state index contributed by atoms with van der Waals surface area (Å²) >= 11 is 0. The van der Waals surface area contributed by atoms with Crippen LogP contribution in [0.1, 0.15) is 31.1 Å². The van der Waals surface area contributed by atoms with E-state index in [9.17, 15) is 18.3 Å². The first-order chi connectivity index (χ1) is 7.90. The number of ether oxygens (including phenoxy) is 1. The topological polar surface area (TPSA) is 29.5 Å². The summed E-state index contributed by atoms with van der Waals surface area (Å²) in [7, 11) is 0. The molecular weight excluding hydrogens is 233 g/mol. The van der Waals surface area contributed by atoms with Crippen molar-refractivity contribution in [2.24, 2.45) is 0 Å². The molecule has 0 saturated carbocycles. The number of rotatable bonds is 4. The number of alkyl halides is 3. The summed E-state index contributed by atoms with van der Waals surface area (Å²) in [6.45, 7) is 3.98. The van der Waals surface area contributed by atoms with Gasteiger partial charge < -0.3 is 9.84 Å². The van der Waals surface area contributed by atoms with Crippen molar-refractivity contribution in [3.8, 4) is 5.75 Å². The summed E-state index contributed by atoms with van der Waals surface area (Å²) in [5, 5.41) is 9.22. The van der Waals surface area contributed by atoms with Gasteiger partial charge in [-0.1, -0.05) is 13.0 Å². The molecule has 0 aliphatic rings. The Hall–Kier alpha value is -1.23. The lowest BCUT2D eigenvalue weighted by Crippen LogP contribution is -2.21. The Morgan fingerprint density at radius 2 is 1.94 bits per heavy atom. The third kappa shape index (κ3) is 3.36. The van der Waals surface area contributed by atoms with Crippen LogP contribution < -0.4 is 4.74 Å². The molecule has 0 aliphatic heterocycles. The number of aliphatic hydroxyl groups is 1. The Morgan fingerprint density at radius 3 is 2.41 bits per heavy atom. The molecular formula is C12H15F3O2. The van der Waals surface area contributed by atoms with E-state index in [0.717, 1.165) is 0 Å². The molecule has 0 bridgehead atoms. The Kier molecular flexibility index (Phi) is 4.40. The standard InChI is InChI=1S/C12H15F3O2/c1-3-8-7-9(17-4-2)5-6-10(8)11(16)12(13,14)15/h5-7,11,16H,3-4H2,1-2H3. The van der Waals surface area contributed by atoms with Crippen molar-refractivity contribution >= 4 is 0 Å². The summed E-state index contributed by atoms with van der Waals surface area (Å²) < 4.78 is 42.5. The van der Waals surface area contributed by atoms with Crippen LogP contribution in [0.3, 0.4) is 0 Å². The van der Waals surface area contributed by atoms with E-state index in [1.54, 1.807) is 13.8 Å². The fourth-order valence-electron chi connectivity index (χ4n) is 1.59. The number of hydrogen-bond donors (Lipinski definition) is 1.